The highest BCUT2D eigenvalue weighted by Crippen LogP contribution is 2.33. The Morgan fingerprint density at radius 2 is 2.00 bits per heavy atom. The molecule has 2 nitrogen and oxygen atoms in total. The van der Waals surface area contributed by atoms with Crippen molar-refractivity contribution in [1.82, 2.24) is 4.98 Å². The summed E-state index contributed by atoms with van der Waals surface area (Å²) in [6.45, 7) is 2.01. The zero-order valence-corrected chi connectivity index (χ0v) is 11.3. The average molecular weight is 256 g/mol. The Labute approximate surface area is 112 Å². The quantitative estimate of drug-likeness (QED) is 0.892. The normalized spacial score (nSPS) is 13.6. The molecule has 0 radical (unpaired) electrons. The molecule has 92 valence electrons. The Morgan fingerprint density at radius 1 is 1.17 bits per heavy atom. The highest BCUT2D eigenvalue weighted by molar-refractivity contribution is 7.99. The number of nitrogens with zero attached hydrogens (tertiary/aromatic N) is 1. The molecule has 1 aromatic carbocycles. The van der Waals surface area contributed by atoms with Crippen molar-refractivity contribution in [3.8, 4) is 0 Å². The molecule has 0 saturated carbocycles. The minimum atomic E-state index is 0.764. The van der Waals surface area contributed by atoms with Gasteiger partial charge < -0.3 is 5.73 Å². The Balaban J connectivity index is 1.88. The molecule has 0 bridgehead atoms. The molecule has 0 atom stereocenters. The van der Waals surface area contributed by atoms with Crippen LogP contribution in [0.5, 0.6) is 0 Å². The predicted molar refractivity (Wildman–Crippen MR) is 76.0 cm³/mol. The number of hydrogen-bond acceptors (Lipinski definition) is 3. The fraction of sp³-hybridized carbons (Fsp3) is 0.267. The van der Waals surface area contributed by atoms with Gasteiger partial charge in [-0.05, 0) is 61.1 Å². The number of nitrogens with two attached hydrogens (primary N) is 1. The zero-order valence-electron chi connectivity index (χ0n) is 10.4. The topological polar surface area (TPSA) is 38.9 Å². The van der Waals surface area contributed by atoms with Gasteiger partial charge in [0.25, 0.3) is 0 Å². The van der Waals surface area contributed by atoms with E-state index in [1.54, 1.807) is 11.8 Å². The smallest absolute Gasteiger partial charge is 0.124 e. The van der Waals surface area contributed by atoms with Crippen molar-refractivity contribution in [2.75, 3.05) is 5.73 Å². The molecule has 1 aliphatic carbocycles. The maximum atomic E-state index is 6.00. The van der Waals surface area contributed by atoms with Crippen LogP contribution in [-0.4, -0.2) is 4.98 Å². The summed E-state index contributed by atoms with van der Waals surface area (Å²) < 4.78 is 0. The van der Waals surface area contributed by atoms with Crippen LogP contribution in [0.2, 0.25) is 0 Å². The third kappa shape index (κ3) is 2.23. The summed E-state index contributed by atoms with van der Waals surface area (Å²) in [7, 11) is 0. The molecule has 1 heterocycles. The second-order valence-corrected chi connectivity index (χ2v) is 5.86. The summed E-state index contributed by atoms with van der Waals surface area (Å²) in [6.07, 6.45) is 5.59. The van der Waals surface area contributed by atoms with Gasteiger partial charge in [-0.2, -0.15) is 0 Å². The molecule has 0 fully saturated rings. The molecule has 3 rings (SSSR count). The molecule has 1 aliphatic rings. The maximum absolute atomic E-state index is 6.00. The summed E-state index contributed by atoms with van der Waals surface area (Å²) in [4.78, 5) is 5.64. The largest absolute Gasteiger partial charge is 0.397 e. The molecule has 0 unspecified atom stereocenters. The van der Waals surface area contributed by atoms with E-state index in [2.05, 4.69) is 23.2 Å². The second-order valence-electron chi connectivity index (χ2n) is 4.79. The Hall–Kier alpha value is -1.48. The highest BCUT2D eigenvalue weighted by atomic mass is 32.2. The van der Waals surface area contributed by atoms with E-state index in [0.717, 1.165) is 16.3 Å². The Bertz CT molecular complexity index is 593. The number of anilines is 1. The van der Waals surface area contributed by atoms with Crippen molar-refractivity contribution < 1.29 is 0 Å². The van der Waals surface area contributed by atoms with E-state index in [1.165, 1.54) is 35.3 Å². The lowest BCUT2D eigenvalue weighted by atomic mass is 10.1. The first-order valence-corrected chi connectivity index (χ1v) is 7.06. The van der Waals surface area contributed by atoms with Gasteiger partial charge in [-0.15, -0.1) is 0 Å². The van der Waals surface area contributed by atoms with Gasteiger partial charge in [-0.1, -0.05) is 17.8 Å². The number of aryl methyl sites for hydroxylation is 3. The van der Waals surface area contributed by atoms with Gasteiger partial charge >= 0.3 is 0 Å². The SMILES string of the molecule is Cc1cnc(Sc2ccc3c(c2)CCC3)c(N)c1. The number of pyridine rings is 1. The molecule has 0 amide bonds. The molecule has 0 spiro atoms. The van der Waals surface area contributed by atoms with Crippen molar-refractivity contribution in [2.45, 2.75) is 36.1 Å². The molecular weight excluding hydrogens is 240 g/mol. The van der Waals surface area contributed by atoms with E-state index < -0.39 is 0 Å². The Kier molecular flexibility index (Phi) is 3.00. The number of nitrogen functional groups attached to an aromatic ring is 1. The molecule has 2 aromatic rings. The average Bonchev–Trinajstić information content (AvgIpc) is 2.80. The minimum absolute atomic E-state index is 0.764. The van der Waals surface area contributed by atoms with Gasteiger partial charge in [0.15, 0.2) is 0 Å². The minimum Gasteiger partial charge on any atom is -0.397 e. The van der Waals surface area contributed by atoms with Gasteiger partial charge in [0, 0.05) is 11.1 Å². The van der Waals surface area contributed by atoms with Crippen LogP contribution in [-0.2, 0) is 12.8 Å². The van der Waals surface area contributed by atoms with E-state index in [9.17, 15) is 0 Å². The van der Waals surface area contributed by atoms with Crippen molar-refractivity contribution >= 4 is 17.4 Å². The molecule has 18 heavy (non-hydrogen) atoms. The maximum Gasteiger partial charge on any atom is 0.124 e. The lowest BCUT2D eigenvalue weighted by molar-refractivity contribution is 0.911. The van der Waals surface area contributed by atoms with Crippen molar-refractivity contribution in [2.24, 2.45) is 0 Å². The number of benzene rings is 1. The van der Waals surface area contributed by atoms with E-state index in [0.29, 0.717) is 0 Å². The van der Waals surface area contributed by atoms with Crippen LogP contribution in [0, 0.1) is 6.92 Å². The van der Waals surface area contributed by atoms with E-state index in [1.807, 2.05) is 19.2 Å². The van der Waals surface area contributed by atoms with Crippen LogP contribution >= 0.6 is 11.8 Å². The first-order chi connectivity index (χ1) is 8.72. The third-order valence-corrected chi connectivity index (χ3v) is 4.32. The van der Waals surface area contributed by atoms with Gasteiger partial charge in [-0.25, -0.2) is 4.98 Å². The first kappa shape index (κ1) is 11.6. The molecule has 0 aliphatic heterocycles. The number of rotatable bonds is 2. The van der Waals surface area contributed by atoms with E-state index >= 15 is 0 Å². The first-order valence-electron chi connectivity index (χ1n) is 6.24. The van der Waals surface area contributed by atoms with Crippen molar-refractivity contribution in [3.63, 3.8) is 0 Å². The molecule has 3 heteroatoms. The van der Waals surface area contributed by atoms with E-state index in [-0.39, 0.29) is 0 Å². The van der Waals surface area contributed by atoms with Crippen LogP contribution in [0.4, 0.5) is 5.69 Å². The summed E-state index contributed by atoms with van der Waals surface area (Å²) in [5, 5.41) is 0.901. The van der Waals surface area contributed by atoms with Crippen LogP contribution < -0.4 is 5.73 Å². The summed E-state index contributed by atoms with van der Waals surface area (Å²) in [5.74, 6) is 0. The zero-order chi connectivity index (χ0) is 12.5. The van der Waals surface area contributed by atoms with Gasteiger partial charge in [0.1, 0.15) is 5.03 Å². The number of aromatic nitrogens is 1. The molecule has 2 N–H and O–H groups in total. The Morgan fingerprint density at radius 3 is 2.83 bits per heavy atom. The van der Waals surface area contributed by atoms with Gasteiger partial charge in [0.2, 0.25) is 0 Å². The van der Waals surface area contributed by atoms with Crippen molar-refractivity contribution in [1.29, 1.82) is 0 Å². The van der Waals surface area contributed by atoms with Crippen LogP contribution in [0.15, 0.2) is 40.4 Å². The molecule has 0 saturated heterocycles. The second kappa shape index (κ2) is 4.65. The molecular formula is C15H16N2S. The number of hydrogen-bond donors (Lipinski definition) is 1. The fourth-order valence-electron chi connectivity index (χ4n) is 2.39. The monoisotopic (exact) mass is 256 g/mol. The summed E-state index contributed by atoms with van der Waals surface area (Å²) in [6, 6.07) is 8.68. The van der Waals surface area contributed by atoms with Gasteiger partial charge in [-0.3, -0.25) is 0 Å². The van der Waals surface area contributed by atoms with Gasteiger partial charge in [0.05, 0.1) is 5.69 Å². The van der Waals surface area contributed by atoms with Crippen LogP contribution in [0.1, 0.15) is 23.1 Å². The summed E-state index contributed by atoms with van der Waals surface area (Å²) in [5.41, 5.74) is 10.9. The predicted octanol–water partition coefficient (Wildman–Crippen LogP) is 3.61. The standard InChI is InChI=1S/C15H16N2S/c1-10-7-14(16)15(17-9-10)18-13-6-5-11-3-2-4-12(11)8-13/h5-9H,2-4,16H2,1H3. The van der Waals surface area contributed by atoms with Crippen LogP contribution in [0.25, 0.3) is 0 Å². The lowest BCUT2D eigenvalue weighted by Crippen LogP contribution is -1.93. The third-order valence-electron chi connectivity index (χ3n) is 3.30. The highest BCUT2D eigenvalue weighted by Gasteiger charge is 2.12. The molecule has 1 aromatic heterocycles. The number of fused-ring (bicyclic) bond motifs is 1. The fourth-order valence-corrected chi connectivity index (χ4v) is 3.23. The summed E-state index contributed by atoms with van der Waals surface area (Å²) >= 11 is 1.65. The van der Waals surface area contributed by atoms with Crippen molar-refractivity contribution in [3.05, 3.63) is 47.2 Å². The lowest BCUT2D eigenvalue weighted by Gasteiger charge is -2.07. The van der Waals surface area contributed by atoms with Crippen LogP contribution in [0.3, 0.4) is 0 Å². The van der Waals surface area contributed by atoms with E-state index in [4.69, 9.17) is 5.73 Å².